The summed E-state index contributed by atoms with van der Waals surface area (Å²) >= 11 is 0. The molecule has 2 saturated heterocycles. The minimum atomic E-state index is -1.76. The third kappa shape index (κ3) is 7.60. The van der Waals surface area contributed by atoms with Crippen molar-refractivity contribution in [3.05, 3.63) is 179 Å². The van der Waals surface area contributed by atoms with E-state index in [0.29, 0.717) is 17.7 Å². The molecule has 3 aliphatic heterocycles. The number of esters is 5. The molecule has 3 heterocycles. The summed E-state index contributed by atoms with van der Waals surface area (Å²) in [6.07, 6.45) is -4.89. The number of carbonyl (C=O) groups excluding carboxylic acids is 5. The van der Waals surface area contributed by atoms with Crippen LogP contribution in [0, 0.1) is 5.92 Å². The first kappa shape index (κ1) is 42.8. The molecule has 10 atom stereocenters. The van der Waals surface area contributed by atoms with E-state index >= 15 is 0 Å². The molecule has 5 aromatic rings. The SMILES string of the molecule is COC(=O)[C@H]1O[C@H](O[C@H]2C=C[C@H]3[C@H]4Cc5ccc(OC(=O)c6ccccc6)c6c5[C@@]3(CCN4C)[C@H]2O6)[C@H](OC(=O)c2ccccc2)[C@@H](OC(=O)c2ccccc2)[C@@H]1OC(=O)c1ccccc1. The first-order chi connectivity index (χ1) is 32.1. The van der Waals surface area contributed by atoms with Crippen LogP contribution in [-0.4, -0.2) is 104 Å². The van der Waals surface area contributed by atoms with Gasteiger partial charge in [-0.15, -0.1) is 0 Å². The van der Waals surface area contributed by atoms with Crippen molar-refractivity contribution in [2.75, 3.05) is 20.7 Å². The molecule has 0 radical (unpaired) electrons. The molecular weight excluding hydrogens is 847 g/mol. The number of piperidine rings is 1. The lowest BCUT2D eigenvalue weighted by Crippen LogP contribution is -2.67. The van der Waals surface area contributed by atoms with Crippen molar-refractivity contribution in [1.82, 2.24) is 4.90 Å². The fraction of sp³-hybridized carbons (Fsp3) is 0.288. The number of ether oxygens (including phenoxy) is 8. The average Bonchev–Trinajstić information content (AvgIpc) is 3.72. The van der Waals surface area contributed by atoms with Crippen LogP contribution >= 0.6 is 0 Å². The number of hydrogen-bond acceptors (Lipinski definition) is 14. The molecule has 10 rings (SSSR count). The van der Waals surface area contributed by atoms with Crippen molar-refractivity contribution in [1.29, 1.82) is 0 Å². The number of hydrogen-bond donors (Lipinski definition) is 0. The van der Waals surface area contributed by atoms with E-state index in [2.05, 4.69) is 18.0 Å². The van der Waals surface area contributed by atoms with E-state index in [1.807, 2.05) is 18.2 Å². The average molecular weight is 892 g/mol. The van der Waals surface area contributed by atoms with Crippen molar-refractivity contribution in [2.24, 2.45) is 5.92 Å². The van der Waals surface area contributed by atoms with Gasteiger partial charge in [-0.3, -0.25) is 0 Å². The van der Waals surface area contributed by atoms with E-state index < -0.39 is 78.2 Å². The van der Waals surface area contributed by atoms with Crippen LogP contribution in [0.1, 0.15) is 59.0 Å². The van der Waals surface area contributed by atoms with Gasteiger partial charge < -0.3 is 42.8 Å². The number of rotatable bonds is 11. The normalized spacial score (nSPS) is 27.9. The molecule has 14 heteroatoms. The number of likely N-dealkylation sites (N-methyl/N-ethyl adjacent to an activating group) is 1. The summed E-state index contributed by atoms with van der Waals surface area (Å²) in [5.41, 5.74) is 2.09. The van der Waals surface area contributed by atoms with Crippen molar-refractivity contribution in [2.45, 2.75) is 67.2 Å². The van der Waals surface area contributed by atoms with Gasteiger partial charge in [0.1, 0.15) is 12.2 Å². The molecule has 5 aromatic carbocycles. The summed E-state index contributed by atoms with van der Waals surface area (Å²) in [5, 5.41) is 0. The van der Waals surface area contributed by atoms with Crippen molar-refractivity contribution < 1.29 is 61.9 Å². The van der Waals surface area contributed by atoms with Crippen LogP contribution in [0.4, 0.5) is 0 Å². The van der Waals surface area contributed by atoms with Gasteiger partial charge in [0.05, 0.1) is 29.4 Å². The molecule has 1 spiro atoms. The molecule has 14 nitrogen and oxygen atoms in total. The minimum Gasteiger partial charge on any atom is -0.482 e. The Balaban J connectivity index is 1.06. The summed E-state index contributed by atoms with van der Waals surface area (Å²) in [4.78, 5) is 71.8. The molecular formula is C52H45NO13. The Morgan fingerprint density at radius 2 is 1.17 bits per heavy atom. The Kier molecular flexibility index (Phi) is 11.5. The molecule has 0 unspecified atom stereocenters. The maximum atomic E-state index is 14.1. The molecule has 336 valence electrons. The first-order valence-electron chi connectivity index (χ1n) is 21.8. The maximum Gasteiger partial charge on any atom is 0.343 e. The summed E-state index contributed by atoms with van der Waals surface area (Å²) in [5.74, 6) is -3.48. The van der Waals surface area contributed by atoms with Gasteiger partial charge in [-0.25, -0.2) is 24.0 Å². The summed E-state index contributed by atoms with van der Waals surface area (Å²) in [6, 6.07) is 36.8. The van der Waals surface area contributed by atoms with Crippen LogP contribution in [0.15, 0.2) is 146 Å². The van der Waals surface area contributed by atoms with E-state index in [0.717, 1.165) is 31.2 Å². The first-order valence-corrected chi connectivity index (χ1v) is 21.8. The lowest BCUT2D eigenvalue weighted by Gasteiger charge is -2.57. The zero-order valence-corrected chi connectivity index (χ0v) is 35.9. The second kappa shape index (κ2) is 17.7. The van der Waals surface area contributed by atoms with Gasteiger partial charge in [-0.05, 0) is 86.6 Å². The Morgan fingerprint density at radius 3 is 1.73 bits per heavy atom. The van der Waals surface area contributed by atoms with Gasteiger partial charge in [-0.1, -0.05) is 91.0 Å². The Bertz CT molecular complexity index is 2680. The topological polar surface area (TPSA) is 162 Å². The van der Waals surface area contributed by atoms with E-state index in [-0.39, 0.29) is 34.4 Å². The summed E-state index contributed by atoms with van der Waals surface area (Å²) < 4.78 is 50.2. The van der Waals surface area contributed by atoms with Crippen molar-refractivity contribution >= 4 is 29.8 Å². The Labute approximate surface area is 379 Å². The quantitative estimate of drug-likeness (QED) is 0.0628. The molecule has 0 saturated carbocycles. The van der Waals surface area contributed by atoms with Gasteiger partial charge >= 0.3 is 29.8 Å². The second-order valence-corrected chi connectivity index (χ2v) is 16.9. The Morgan fingerprint density at radius 1 is 0.636 bits per heavy atom. The zero-order chi connectivity index (χ0) is 45.5. The maximum absolute atomic E-state index is 14.1. The second-order valence-electron chi connectivity index (χ2n) is 16.9. The Hall–Kier alpha value is -7.13. The molecule has 2 fully saturated rings. The third-order valence-corrected chi connectivity index (χ3v) is 13.3. The molecule has 66 heavy (non-hydrogen) atoms. The van der Waals surface area contributed by atoms with E-state index in [9.17, 15) is 24.0 Å². The summed E-state index contributed by atoms with van der Waals surface area (Å²) in [7, 11) is 3.24. The molecule has 2 aliphatic carbocycles. The highest BCUT2D eigenvalue weighted by molar-refractivity contribution is 5.92. The van der Waals surface area contributed by atoms with Crippen LogP contribution in [0.5, 0.6) is 11.5 Å². The highest BCUT2D eigenvalue weighted by Gasteiger charge is 2.66. The largest absolute Gasteiger partial charge is 0.482 e. The number of nitrogens with zero attached hydrogens (tertiary/aromatic N) is 1. The van der Waals surface area contributed by atoms with Gasteiger partial charge in [0.2, 0.25) is 6.29 Å². The van der Waals surface area contributed by atoms with E-state index in [4.69, 9.17) is 37.9 Å². The molecule has 5 aliphatic rings. The van der Waals surface area contributed by atoms with Crippen LogP contribution in [0.25, 0.3) is 0 Å². The monoisotopic (exact) mass is 891 g/mol. The molecule has 0 N–H and O–H groups in total. The smallest absolute Gasteiger partial charge is 0.343 e. The predicted molar refractivity (Wildman–Crippen MR) is 234 cm³/mol. The highest BCUT2D eigenvalue weighted by atomic mass is 16.7. The van der Waals surface area contributed by atoms with Crippen LogP contribution in [-0.2, 0) is 45.1 Å². The number of likely N-dealkylation sites (tertiary alicyclic amines) is 1. The van der Waals surface area contributed by atoms with Gasteiger partial charge in [0.15, 0.2) is 35.9 Å². The lowest BCUT2D eigenvalue weighted by molar-refractivity contribution is -0.305. The third-order valence-electron chi connectivity index (χ3n) is 13.3. The molecule has 0 amide bonds. The number of methoxy groups -OCH3 is 1. The fourth-order valence-corrected chi connectivity index (χ4v) is 10.2. The van der Waals surface area contributed by atoms with Crippen molar-refractivity contribution in [3.63, 3.8) is 0 Å². The van der Waals surface area contributed by atoms with E-state index in [1.165, 1.54) is 24.3 Å². The minimum absolute atomic E-state index is 0.0434. The lowest BCUT2D eigenvalue weighted by atomic mass is 9.53. The van der Waals surface area contributed by atoms with Crippen molar-refractivity contribution in [3.8, 4) is 11.5 Å². The van der Waals surface area contributed by atoms with Gasteiger partial charge in [-0.2, -0.15) is 0 Å². The van der Waals surface area contributed by atoms with Crippen LogP contribution in [0.3, 0.4) is 0 Å². The highest BCUT2D eigenvalue weighted by Crippen LogP contribution is 2.63. The molecule has 0 aromatic heterocycles. The van der Waals surface area contributed by atoms with Gasteiger partial charge in [0.25, 0.3) is 0 Å². The predicted octanol–water partition coefficient (Wildman–Crippen LogP) is 6.31. The van der Waals surface area contributed by atoms with Crippen LogP contribution in [0.2, 0.25) is 0 Å². The molecule has 2 bridgehead atoms. The number of benzene rings is 5. The summed E-state index contributed by atoms with van der Waals surface area (Å²) in [6.45, 7) is 0.724. The van der Waals surface area contributed by atoms with Crippen LogP contribution < -0.4 is 9.47 Å². The van der Waals surface area contributed by atoms with Gasteiger partial charge in [0, 0.05) is 22.9 Å². The zero-order valence-electron chi connectivity index (χ0n) is 35.9. The van der Waals surface area contributed by atoms with E-state index in [1.54, 1.807) is 97.1 Å². The standard InChI is InChI=1S/C52H45NO13/c1-53-28-27-52-35-24-26-38(45(52)62-40-37(25-23-34(39(40)52)29-36(35)53)60-46(54)30-15-7-3-8-16-30)61-51-44(65-49(57)33-21-13-6-14-22-33)42(64-48(56)32-19-11-5-12-20-32)41(43(66-51)50(58)59-2)63-47(55)31-17-9-4-10-18-31/h3-26,35-36,38,41-45,51H,27-29H2,1-2H3/t35-,36+,38-,41-,42-,43-,44+,45-,51-,52-/m0/s1. The number of carbonyl (C=O) groups is 5. The fourth-order valence-electron chi connectivity index (χ4n) is 10.2.